The number of guanidine groups is 1. The standard InChI is InChI=1S/C21H26FN5OS.HI/c1-4-23-21(25-12-10-19-26-14(2)15(3)29-19)24-11-9-18-13-28-20(27-18)16-5-7-17(22)8-6-16;/h5-8,13H,4,9-12H2,1-3H3,(H2,23,24,25);1H. The third-order valence-corrected chi connectivity index (χ3v) is 5.46. The molecular weight excluding hydrogens is 516 g/mol. The van der Waals surface area contributed by atoms with E-state index in [0.717, 1.165) is 40.9 Å². The van der Waals surface area contributed by atoms with Gasteiger partial charge in [-0.2, -0.15) is 0 Å². The van der Waals surface area contributed by atoms with Crippen LogP contribution in [0.2, 0.25) is 0 Å². The van der Waals surface area contributed by atoms with Gasteiger partial charge in [0.1, 0.15) is 12.1 Å². The van der Waals surface area contributed by atoms with E-state index >= 15 is 0 Å². The highest BCUT2D eigenvalue weighted by atomic mass is 127. The van der Waals surface area contributed by atoms with Crippen LogP contribution in [0.4, 0.5) is 4.39 Å². The van der Waals surface area contributed by atoms with Crippen LogP contribution in [-0.4, -0.2) is 35.6 Å². The number of halogens is 2. The summed E-state index contributed by atoms with van der Waals surface area (Å²) in [5.41, 5.74) is 2.70. The third-order valence-electron chi connectivity index (χ3n) is 4.33. The van der Waals surface area contributed by atoms with Crippen molar-refractivity contribution in [2.45, 2.75) is 33.6 Å². The SMILES string of the molecule is CCNC(=NCCc1nc(C)c(C)s1)NCCc1coc(-c2ccc(F)cc2)n1.I. The van der Waals surface area contributed by atoms with Gasteiger partial charge in [-0.3, -0.25) is 4.99 Å². The molecule has 0 fully saturated rings. The lowest BCUT2D eigenvalue weighted by molar-refractivity contribution is 0.571. The van der Waals surface area contributed by atoms with Crippen molar-refractivity contribution in [2.75, 3.05) is 19.6 Å². The van der Waals surface area contributed by atoms with Gasteiger partial charge in [0.2, 0.25) is 5.89 Å². The largest absolute Gasteiger partial charge is 0.444 e. The summed E-state index contributed by atoms with van der Waals surface area (Å²) in [7, 11) is 0. The summed E-state index contributed by atoms with van der Waals surface area (Å²) >= 11 is 1.74. The second-order valence-corrected chi connectivity index (χ2v) is 7.88. The highest BCUT2D eigenvalue weighted by Gasteiger charge is 2.08. The number of aliphatic imine (C=N–C) groups is 1. The first-order valence-corrected chi connectivity index (χ1v) is 10.5. The van der Waals surface area contributed by atoms with E-state index in [1.54, 1.807) is 29.7 Å². The van der Waals surface area contributed by atoms with Gasteiger partial charge in [-0.1, -0.05) is 0 Å². The van der Waals surface area contributed by atoms with Crippen LogP contribution >= 0.6 is 35.3 Å². The lowest BCUT2D eigenvalue weighted by Gasteiger charge is -2.10. The molecule has 0 saturated heterocycles. The van der Waals surface area contributed by atoms with E-state index in [4.69, 9.17) is 4.42 Å². The van der Waals surface area contributed by atoms with Crippen LogP contribution in [-0.2, 0) is 12.8 Å². The first-order valence-electron chi connectivity index (χ1n) is 9.70. The Labute approximate surface area is 197 Å². The molecule has 2 aromatic heterocycles. The average molecular weight is 543 g/mol. The average Bonchev–Trinajstić information content (AvgIpc) is 3.29. The van der Waals surface area contributed by atoms with Crippen LogP contribution in [0.3, 0.4) is 0 Å². The van der Waals surface area contributed by atoms with E-state index in [-0.39, 0.29) is 29.8 Å². The molecule has 0 radical (unpaired) electrons. The van der Waals surface area contributed by atoms with E-state index < -0.39 is 0 Å². The second-order valence-electron chi connectivity index (χ2n) is 6.59. The number of hydrogen-bond donors (Lipinski definition) is 2. The fourth-order valence-electron chi connectivity index (χ4n) is 2.71. The molecule has 6 nitrogen and oxygen atoms in total. The van der Waals surface area contributed by atoms with Gasteiger partial charge in [0.05, 0.1) is 16.4 Å². The molecule has 9 heteroatoms. The summed E-state index contributed by atoms with van der Waals surface area (Å²) < 4.78 is 18.5. The number of rotatable bonds is 8. The molecule has 3 rings (SSSR count). The Hall–Kier alpha value is -2.01. The van der Waals surface area contributed by atoms with Crippen LogP contribution in [0.1, 0.15) is 28.2 Å². The summed E-state index contributed by atoms with van der Waals surface area (Å²) in [6.07, 6.45) is 3.16. The number of hydrogen-bond acceptors (Lipinski definition) is 5. The number of thiazole rings is 1. The van der Waals surface area contributed by atoms with Crippen molar-refractivity contribution in [2.24, 2.45) is 4.99 Å². The van der Waals surface area contributed by atoms with Crippen LogP contribution in [0.5, 0.6) is 0 Å². The van der Waals surface area contributed by atoms with Gasteiger partial charge in [-0.05, 0) is 45.0 Å². The van der Waals surface area contributed by atoms with Gasteiger partial charge in [0.15, 0.2) is 5.96 Å². The molecule has 0 amide bonds. The monoisotopic (exact) mass is 543 g/mol. The summed E-state index contributed by atoms with van der Waals surface area (Å²) in [6, 6.07) is 6.11. The van der Waals surface area contributed by atoms with Crippen LogP contribution < -0.4 is 10.6 Å². The molecular formula is C21H27FIN5OS. The quantitative estimate of drug-likeness (QED) is 0.249. The maximum absolute atomic E-state index is 13.0. The molecule has 0 aliphatic carbocycles. The van der Waals surface area contributed by atoms with Gasteiger partial charge < -0.3 is 15.1 Å². The molecule has 0 saturated carbocycles. The summed E-state index contributed by atoms with van der Waals surface area (Å²) in [5, 5.41) is 7.69. The molecule has 1 aromatic carbocycles. The van der Waals surface area contributed by atoms with E-state index in [1.165, 1.54) is 17.0 Å². The van der Waals surface area contributed by atoms with E-state index in [0.29, 0.717) is 25.4 Å². The van der Waals surface area contributed by atoms with Crippen LogP contribution in [0.25, 0.3) is 11.5 Å². The first-order chi connectivity index (χ1) is 14.0. The smallest absolute Gasteiger partial charge is 0.226 e. The Bertz CT molecular complexity index is 935. The fraction of sp³-hybridized carbons (Fsp3) is 0.381. The highest BCUT2D eigenvalue weighted by Crippen LogP contribution is 2.19. The topological polar surface area (TPSA) is 75.3 Å². The molecule has 0 bridgehead atoms. The normalized spacial score (nSPS) is 11.3. The van der Waals surface area contributed by atoms with Gasteiger partial charge in [-0.25, -0.2) is 14.4 Å². The maximum atomic E-state index is 13.0. The summed E-state index contributed by atoms with van der Waals surface area (Å²) in [5.74, 6) is 0.995. The summed E-state index contributed by atoms with van der Waals surface area (Å²) in [6.45, 7) is 8.32. The predicted octanol–water partition coefficient (Wildman–Crippen LogP) is 4.51. The van der Waals surface area contributed by atoms with Crippen molar-refractivity contribution in [3.8, 4) is 11.5 Å². The Balaban J connectivity index is 0.00000320. The van der Waals surface area contributed by atoms with Crippen LogP contribution in [0, 0.1) is 19.7 Å². The molecule has 30 heavy (non-hydrogen) atoms. The Morgan fingerprint density at radius 2 is 1.90 bits per heavy atom. The third kappa shape index (κ3) is 7.05. The van der Waals surface area contributed by atoms with E-state index in [9.17, 15) is 4.39 Å². The van der Waals surface area contributed by atoms with Gasteiger partial charge in [0.25, 0.3) is 0 Å². The van der Waals surface area contributed by atoms with Crippen molar-refractivity contribution >= 4 is 41.3 Å². The van der Waals surface area contributed by atoms with Crippen molar-refractivity contribution in [1.82, 2.24) is 20.6 Å². The Kier molecular flexibility index (Phi) is 9.70. The minimum Gasteiger partial charge on any atom is -0.444 e. The molecule has 2 heterocycles. The lowest BCUT2D eigenvalue weighted by Crippen LogP contribution is -2.38. The van der Waals surface area contributed by atoms with E-state index in [2.05, 4.69) is 32.5 Å². The van der Waals surface area contributed by atoms with Crippen molar-refractivity contribution < 1.29 is 8.81 Å². The number of oxazole rings is 1. The van der Waals surface area contributed by atoms with Gasteiger partial charge in [0, 0.05) is 42.9 Å². The van der Waals surface area contributed by atoms with Gasteiger partial charge in [-0.15, -0.1) is 35.3 Å². The molecule has 0 spiro atoms. The predicted molar refractivity (Wildman–Crippen MR) is 130 cm³/mol. The molecule has 0 atom stereocenters. The number of nitrogens with zero attached hydrogens (tertiary/aromatic N) is 3. The van der Waals surface area contributed by atoms with Crippen molar-refractivity contribution in [3.63, 3.8) is 0 Å². The highest BCUT2D eigenvalue weighted by molar-refractivity contribution is 14.0. The minimum atomic E-state index is -0.278. The maximum Gasteiger partial charge on any atom is 0.226 e. The molecule has 0 aliphatic rings. The zero-order valence-corrected chi connectivity index (χ0v) is 20.5. The summed E-state index contributed by atoms with van der Waals surface area (Å²) in [4.78, 5) is 14.9. The Morgan fingerprint density at radius 3 is 2.57 bits per heavy atom. The van der Waals surface area contributed by atoms with Crippen molar-refractivity contribution in [1.29, 1.82) is 0 Å². The van der Waals surface area contributed by atoms with E-state index in [1.807, 2.05) is 13.8 Å². The molecule has 0 unspecified atom stereocenters. The number of aryl methyl sites for hydroxylation is 2. The van der Waals surface area contributed by atoms with Crippen molar-refractivity contribution in [3.05, 3.63) is 57.6 Å². The molecule has 0 aliphatic heterocycles. The lowest BCUT2D eigenvalue weighted by atomic mass is 10.2. The zero-order valence-electron chi connectivity index (χ0n) is 17.4. The van der Waals surface area contributed by atoms with Crippen LogP contribution in [0.15, 0.2) is 39.9 Å². The minimum absolute atomic E-state index is 0. The van der Waals surface area contributed by atoms with Gasteiger partial charge >= 0.3 is 0 Å². The number of nitrogens with one attached hydrogen (secondary N) is 2. The number of benzene rings is 1. The Morgan fingerprint density at radius 1 is 1.13 bits per heavy atom. The second kappa shape index (κ2) is 12.0. The zero-order chi connectivity index (χ0) is 20.6. The molecule has 3 aromatic rings. The molecule has 2 N–H and O–H groups in total. The fourth-order valence-corrected chi connectivity index (χ4v) is 3.63. The number of aromatic nitrogens is 2. The molecule has 162 valence electrons. The first kappa shape index (κ1) is 24.3.